The van der Waals surface area contributed by atoms with E-state index in [2.05, 4.69) is 30.6 Å². The quantitative estimate of drug-likeness (QED) is 0.553. The van der Waals surface area contributed by atoms with Crippen molar-refractivity contribution in [1.82, 2.24) is 34.5 Å². The van der Waals surface area contributed by atoms with Gasteiger partial charge in [-0.25, -0.2) is 14.6 Å². The van der Waals surface area contributed by atoms with E-state index in [-0.39, 0.29) is 0 Å². The highest BCUT2D eigenvalue weighted by Gasteiger charge is 2.08. The lowest BCUT2D eigenvalue weighted by atomic mass is 10.2. The van der Waals surface area contributed by atoms with Crippen LogP contribution < -0.4 is 5.32 Å². The minimum atomic E-state index is 0.556. The zero-order valence-corrected chi connectivity index (χ0v) is 15.4. The van der Waals surface area contributed by atoms with Gasteiger partial charge in [-0.15, -0.1) is 10.2 Å². The molecule has 0 amide bonds. The molecule has 3 aromatic heterocycles. The summed E-state index contributed by atoms with van der Waals surface area (Å²) in [6, 6.07) is 9.41. The number of rotatable bonds is 6. The number of hydrogen-bond donors (Lipinski definition) is 1. The highest BCUT2D eigenvalue weighted by atomic mass is 35.5. The summed E-state index contributed by atoms with van der Waals surface area (Å²) in [6.07, 6.45) is 7.79. The van der Waals surface area contributed by atoms with Crippen LogP contribution in [0.25, 0.3) is 16.9 Å². The van der Waals surface area contributed by atoms with Crippen LogP contribution in [0.2, 0.25) is 5.02 Å². The fourth-order valence-electron chi connectivity index (χ4n) is 2.65. The number of benzene rings is 1. The summed E-state index contributed by atoms with van der Waals surface area (Å²) in [5.41, 5.74) is 2.49. The Morgan fingerprint density at radius 1 is 1.19 bits per heavy atom. The summed E-state index contributed by atoms with van der Waals surface area (Å²) in [5, 5.41) is 16.2. The van der Waals surface area contributed by atoms with Crippen LogP contribution in [0.15, 0.2) is 55.2 Å². The summed E-state index contributed by atoms with van der Waals surface area (Å²) < 4.78 is 3.63. The molecule has 1 N–H and O–H groups in total. The Kier molecular flexibility index (Phi) is 4.80. The van der Waals surface area contributed by atoms with E-state index in [1.807, 2.05) is 48.1 Å². The number of para-hydroxylation sites is 1. The van der Waals surface area contributed by atoms with Crippen LogP contribution in [0.1, 0.15) is 5.82 Å². The number of halogens is 1. The summed E-state index contributed by atoms with van der Waals surface area (Å²) in [7, 11) is 1.92. The van der Waals surface area contributed by atoms with Crippen molar-refractivity contribution >= 4 is 17.5 Å². The molecule has 0 aliphatic rings. The van der Waals surface area contributed by atoms with Crippen molar-refractivity contribution in [3.8, 4) is 16.9 Å². The monoisotopic (exact) mass is 380 g/mol. The van der Waals surface area contributed by atoms with Crippen LogP contribution in [-0.2, 0) is 13.5 Å². The Bertz CT molecular complexity index is 1050. The highest BCUT2D eigenvalue weighted by molar-refractivity contribution is 6.32. The minimum Gasteiger partial charge on any atom is -0.354 e. The van der Waals surface area contributed by atoms with Gasteiger partial charge < -0.3 is 9.88 Å². The summed E-state index contributed by atoms with van der Waals surface area (Å²) >= 11 is 6.24. The van der Waals surface area contributed by atoms with Crippen LogP contribution in [0.3, 0.4) is 0 Å². The first-order valence-corrected chi connectivity index (χ1v) is 8.78. The number of hydrogen-bond acceptors (Lipinski definition) is 6. The van der Waals surface area contributed by atoms with Gasteiger partial charge in [0.2, 0.25) is 5.95 Å². The fourth-order valence-corrected chi connectivity index (χ4v) is 2.87. The summed E-state index contributed by atoms with van der Waals surface area (Å²) in [4.78, 5) is 8.83. The average Bonchev–Trinajstić information content (AvgIpc) is 3.32. The first-order valence-electron chi connectivity index (χ1n) is 8.40. The van der Waals surface area contributed by atoms with Crippen molar-refractivity contribution in [3.63, 3.8) is 0 Å². The van der Waals surface area contributed by atoms with E-state index >= 15 is 0 Å². The van der Waals surface area contributed by atoms with Crippen molar-refractivity contribution in [2.45, 2.75) is 6.42 Å². The maximum atomic E-state index is 6.24. The predicted molar refractivity (Wildman–Crippen MR) is 103 cm³/mol. The number of aromatic nitrogens is 7. The average molecular weight is 381 g/mol. The lowest BCUT2D eigenvalue weighted by Gasteiger charge is -2.05. The van der Waals surface area contributed by atoms with Crippen molar-refractivity contribution in [1.29, 1.82) is 0 Å². The van der Waals surface area contributed by atoms with Crippen LogP contribution in [-0.4, -0.2) is 41.1 Å². The van der Waals surface area contributed by atoms with Gasteiger partial charge in [0.15, 0.2) is 0 Å². The van der Waals surface area contributed by atoms with Gasteiger partial charge in [0.1, 0.15) is 12.2 Å². The smallest absolute Gasteiger partial charge is 0.223 e. The van der Waals surface area contributed by atoms with Gasteiger partial charge in [-0.1, -0.05) is 23.7 Å². The lowest BCUT2D eigenvalue weighted by molar-refractivity contribution is 0.786. The third-order valence-corrected chi connectivity index (χ3v) is 4.39. The molecule has 27 heavy (non-hydrogen) atoms. The van der Waals surface area contributed by atoms with Gasteiger partial charge in [-0.2, -0.15) is 5.10 Å². The zero-order chi connectivity index (χ0) is 18.6. The molecule has 0 aliphatic heterocycles. The fraction of sp³-hybridized carbons (Fsp3) is 0.167. The van der Waals surface area contributed by atoms with Crippen molar-refractivity contribution in [3.05, 3.63) is 66.1 Å². The molecule has 0 saturated carbocycles. The van der Waals surface area contributed by atoms with E-state index in [0.29, 0.717) is 17.5 Å². The third-order valence-electron chi connectivity index (χ3n) is 4.07. The second kappa shape index (κ2) is 7.55. The van der Waals surface area contributed by atoms with Crippen LogP contribution in [0.4, 0.5) is 5.95 Å². The zero-order valence-electron chi connectivity index (χ0n) is 14.6. The molecule has 3 heterocycles. The van der Waals surface area contributed by atoms with Crippen molar-refractivity contribution in [2.24, 2.45) is 7.05 Å². The molecule has 0 radical (unpaired) electrons. The summed E-state index contributed by atoms with van der Waals surface area (Å²) in [5.74, 6) is 1.46. The molecular formula is C18H17ClN8. The van der Waals surface area contributed by atoms with E-state index in [9.17, 15) is 0 Å². The van der Waals surface area contributed by atoms with Crippen LogP contribution in [0, 0.1) is 0 Å². The Labute approximate surface area is 160 Å². The first-order chi connectivity index (χ1) is 13.2. The van der Waals surface area contributed by atoms with Crippen LogP contribution in [0.5, 0.6) is 0 Å². The number of nitrogens with zero attached hydrogens (tertiary/aromatic N) is 7. The molecule has 0 saturated heterocycles. The topological polar surface area (TPSA) is 86.3 Å². The molecular weight excluding hydrogens is 364 g/mol. The molecule has 0 unspecified atom stereocenters. The molecule has 0 fully saturated rings. The van der Waals surface area contributed by atoms with Crippen molar-refractivity contribution < 1.29 is 0 Å². The Balaban J connectivity index is 1.48. The molecule has 4 rings (SSSR count). The Morgan fingerprint density at radius 2 is 2.07 bits per heavy atom. The van der Waals surface area contributed by atoms with E-state index in [1.165, 1.54) is 0 Å². The van der Waals surface area contributed by atoms with E-state index in [0.717, 1.165) is 29.2 Å². The number of nitrogens with one attached hydrogen (secondary N) is 1. The predicted octanol–water partition coefficient (Wildman–Crippen LogP) is 2.77. The van der Waals surface area contributed by atoms with Crippen molar-refractivity contribution in [2.75, 3.05) is 11.9 Å². The van der Waals surface area contributed by atoms with Gasteiger partial charge in [-0.05, 0) is 18.2 Å². The molecule has 0 aliphatic carbocycles. The molecule has 136 valence electrons. The molecule has 0 spiro atoms. The number of anilines is 1. The number of aryl methyl sites for hydroxylation is 1. The molecule has 8 nitrogen and oxygen atoms in total. The largest absolute Gasteiger partial charge is 0.354 e. The van der Waals surface area contributed by atoms with Crippen LogP contribution >= 0.6 is 11.6 Å². The highest BCUT2D eigenvalue weighted by Crippen LogP contribution is 2.23. The first kappa shape index (κ1) is 17.2. The second-order valence-corrected chi connectivity index (χ2v) is 6.33. The molecule has 0 bridgehead atoms. The third kappa shape index (κ3) is 3.80. The van der Waals surface area contributed by atoms with Gasteiger partial charge in [0, 0.05) is 38.0 Å². The van der Waals surface area contributed by atoms with E-state index in [4.69, 9.17) is 11.6 Å². The standard InChI is InChI=1S/C18H17ClN8/c1-26-12-22-25-17(26)7-9-21-18-20-8-6-15(24-18)13-10-23-27(11-13)16-5-3-2-4-14(16)19/h2-6,8,10-12H,7,9H2,1H3,(H,20,21,24). The Morgan fingerprint density at radius 3 is 2.89 bits per heavy atom. The van der Waals surface area contributed by atoms with E-state index in [1.54, 1.807) is 23.4 Å². The molecule has 0 atom stereocenters. The SMILES string of the molecule is Cn1cnnc1CCNc1nccc(-c2cnn(-c3ccccc3Cl)c2)n1. The molecule has 4 aromatic rings. The van der Waals surface area contributed by atoms with Gasteiger partial charge >= 0.3 is 0 Å². The Hall–Kier alpha value is -3.26. The minimum absolute atomic E-state index is 0.556. The maximum absolute atomic E-state index is 6.24. The van der Waals surface area contributed by atoms with E-state index < -0.39 is 0 Å². The van der Waals surface area contributed by atoms with Gasteiger partial charge in [-0.3, -0.25) is 0 Å². The molecule has 1 aromatic carbocycles. The second-order valence-electron chi connectivity index (χ2n) is 5.93. The summed E-state index contributed by atoms with van der Waals surface area (Å²) in [6.45, 7) is 0.662. The van der Waals surface area contributed by atoms with Gasteiger partial charge in [0.25, 0.3) is 0 Å². The lowest BCUT2D eigenvalue weighted by Crippen LogP contribution is -2.10. The van der Waals surface area contributed by atoms with Gasteiger partial charge in [0.05, 0.1) is 22.6 Å². The maximum Gasteiger partial charge on any atom is 0.223 e. The normalized spacial score (nSPS) is 10.9. The molecule has 9 heteroatoms.